The van der Waals surface area contributed by atoms with Crippen molar-refractivity contribution in [3.05, 3.63) is 54.6 Å². The summed E-state index contributed by atoms with van der Waals surface area (Å²) in [5, 5.41) is 0. The number of hydrogen-bond acceptors (Lipinski definition) is 1. The van der Waals surface area contributed by atoms with Gasteiger partial charge in [-0.05, 0) is 24.3 Å². The summed E-state index contributed by atoms with van der Waals surface area (Å²) in [5.74, 6) is 1.64. The van der Waals surface area contributed by atoms with E-state index in [2.05, 4.69) is 0 Å². The summed E-state index contributed by atoms with van der Waals surface area (Å²) in [6, 6.07) is 17.5. The van der Waals surface area contributed by atoms with Gasteiger partial charge in [-0.15, -0.1) is 0 Å². The Labute approximate surface area is 98.7 Å². The maximum atomic E-state index is 5.69. The molecule has 0 spiro atoms. The number of hydrogen-bond donors (Lipinski definition) is 0. The van der Waals surface area contributed by atoms with Crippen molar-refractivity contribution >= 4 is 27.4 Å². The second-order valence-electron chi connectivity index (χ2n) is 3.35. The van der Waals surface area contributed by atoms with Gasteiger partial charge in [-0.2, -0.15) is 0 Å². The molecular formula is C12H9B3O. The van der Waals surface area contributed by atoms with Crippen molar-refractivity contribution in [1.82, 2.24) is 0 Å². The number of para-hydroxylation sites is 1. The summed E-state index contributed by atoms with van der Waals surface area (Å²) in [6.07, 6.45) is 0. The van der Waals surface area contributed by atoms with Crippen LogP contribution < -0.4 is 10.2 Å². The van der Waals surface area contributed by atoms with E-state index in [1.165, 1.54) is 7.06 Å². The summed E-state index contributed by atoms with van der Waals surface area (Å²) < 4.78 is 5.69. The van der Waals surface area contributed by atoms with E-state index in [0.717, 1.165) is 17.0 Å². The van der Waals surface area contributed by atoms with Gasteiger partial charge < -0.3 is 4.74 Å². The zero-order chi connectivity index (χ0) is 11.2. The molecule has 0 unspecified atom stereocenters. The molecule has 0 fully saturated rings. The van der Waals surface area contributed by atoms with Gasteiger partial charge in [0.1, 0.15) is 11.5 Å². The van der Waals surface area contributed by atoms with Crippen molar-refractivity contribution in [1.29, 1.82) is 0 Å². The van der Waals surface area contributed by atoms with Crippen LogP contribution in [0.3, 0.4) is 0 Å². The molecule has 72 valence electrons. The average Bonchev–Trinajstić information content (AvgIpc) is 2.31. The average molecular weight is 202 g/mol. The van der Waals surface area contributed by atoms with Crippen molar-refractivity contribution in [3.8, 4) is 11.5 Å². The van der Waals surface area contributed by atoms with Crippen LogP contribution in [0.2, 0.25) is 0 Å². The molecule has 0 N–H and O–H groups in total. The largest absolute Gasteiger partial charge is 0.457 e. The Kier molecular flexibility index (Phi) is 3.76. The summed E-state index contributed by atoms with van der Waals surface area (Å²) >= 11 is 0. The Balaban J connectivity index is 2.12. The highest BCUT2D eigenvalue weighted by atomic mass is 16.5. The van der Waals surface area contributed by atoms with E-state index in [4.69, 9.17) is 12.5 Å². The number of benzene rings is 2. The normalized spacial score (nSPS) is 9.50. The van der Waals surface area contributed by atoms with E-state index < -0.39 is 0 Å². The first-order chi connectivity index (χ1) is 7.88. The first kappa shape index (κ1) is 10.9. The summed E-state index contributed by atoms with van der Waals surface area (Å²) in [5.41, 5.74) is 1.02. The quantitative estimate of drug-likeness (QED) is 0.682. The molecule has 0 atom stereocenters. The van der Waals surface area contributed by atoms with Crippen LogP contribution in [0.4, 0.5) is 0 Å². The Hall–Kier alpha value is -1.57. The third kappa shape index (κ3) is 2.96. The molecular weight excluding hydrogens is 193 g/mol. The molecule has 0 aliphatic rings. The Morgan fingerprint density at radius 1 is 0.875 bits per heavy atom. The number of rotatable bonds is 4. The van der Waals surface area contributed by atoms with Gasteiger partial charge in [0.15, 0.2) is 0 Å². The van der Waals surface area contributed by atoms with Gasteiger partial charge in [0, 0.05) is 14.8 Å². The van der Waals surface area contributed by atoms with Crippen molar-refractivity contribution in [2.75, 3.05) is 0 Å². The van der Waals surface area contributed by atoms with Crippen LogP contribution in [0.25, 0.3) is 0 Å². The fourth-order valence-corrected chi connectivity index (χ4v) is 1.42. The minimum atomic E-state index is 0.807. The van der Waals surface area contributed by atoms with Crippen LogP contribution in [0.1, 0.15) is 0 Å². The fourth-order valence-electron chi connectivity index (χ4n) is 1.42. The first-order valence-electron chi connectivity index (χ1n) is 5.10. The Bertz CT molecular complexity index is 445. The monoisotopic (exact) mass is 202 g/mol. The van der Waals surface area contributed by atoms with Gasteiger partial charge in [-0.25, -0.2) is 0 Å². The van der Waals surface area contributed by atoms with E-state index in [-0.39, 0.29) is 0 Å². The second kappa shape index (κ2) is 5.50. The Morgan fingerprint density at radius 3 is 2.38 bits per heavy atom. The SMILES string of the molecule is [B][B][B]c1cccc(Oc2ccccc2)c1. The molecule has 0 saturated carbocycles. The van der Waals surface area contributed by atoms with Gasteiger partial charge in [-0.1, -0.05) is 35.8 Å². The van der Waals surface area contributed by atoms with E-state index in [0.29, 0.717) is 0 Å². The molecule has 0 amide bonds. The molecule has 0 aromatic heterocycles. The predicted molar refractivity (Wildman–Crippen MR) is 69.9 cm³/mol. The van der Waals surface area contributed by atoms with Gasteiger partial charge >= 0.3 is 0 Å². The molecule has 16 heavy (non-hydrogen) atoms. The molecule has 4 radical (unpaired) electrons. The highest BCUT2D eigenvalue weighted by molar-refractivity contribution is 7.27. The van der Waals surface area contributed by atoms with Gasteiger partial charge in [0.2, 0.25) is 0 Å². The van der Waals surface area contributed by atoms with Crippen molar-refractivity contribution in [2.45, 2.75) is 0 Å². The Morgan fingerprint density at radius 2 is 1.62 bits per heavy atom. The molecule has 2 aromatic carbocycles. The van der Waals surface area contributed by atoms with Crippen LogP contribution in [-0.2, 0) is 0 Å². The van der Waals surface area contributed by atoms with E-state index in [9.17, 15) is 0 Å². The smallest absolute Gasteiger partial charge is 0.127 e. The first-order valence-corrected chi connectivity index (χ1v) is 5.10. The van der Waals surface area contributed by atoms with Crippen LogP contribution in [0.5, 0.6) is 11.5 Å². The minimum Gasteiger partial charge on any atom is -0.457 e. The van der Waals surface area contributed by atoms with Gasteiger partial charge in [0.05, 0.1) is 7.17 Å². The van der Waals surface area contributed by atoms with Crippen LogP contribution in [0.15, 0.2) is 54.6 Å². The van der Waals surface area contributed by atoms with Crippen LogP contribution in [0, 0.1) is 0 Å². The van der Waals surface area contributed by atoms with E-state index in [1.54, 1.807) is 0 Å². The van der Waals surface area contributed by atoms with E-state index >= 15 is 0 Å². The fraction of sp³-hybridized carbons (Fsp3) is 0. The van der Waals surface area contributed by atoms with Crippen molar-refractivity contribution in [2.24, 2.45) is 0 Å². The summed E-state index contributed by atoms with van der Waals surface area (Å²) in [4.78, 5) is 0. The predicted octanol–water partition coefficient (Wildman–Crippen LogP) is 1.51. The maximum Gasteiger partial charge on any atom is 0.127 e. The highest BCUT2D eigenvalue weighted by Gasteiger charge is 1.98. The molecule has 0 heterocycles. The zero-order valence-electron chi connectivity index (χ0n) is 8.84. The standard InChI is InChI=1S/C12H9B3O/c13-15-14-10-5-4-8-12(9-10)16-11-6-2-1-3-7-11/h1-9H. The van der Waals surface area contributed by atoms with Crippen molar-refractivity contribution < 1.29 is 4.74 Å². The molecule has 0 bridgehead atoms. The van der Waals surface area contributed by atoms with Gasteiger partial charge in [-0.3, -0.25) is 0 Å². The minimum absolute atomic E-state index is 0.807. The summed E-state index contributed by atoms with van der Waals surface area (Å²) in [6.45, 7) is 0. The molecule has 1 nitrogen and oxygen atoms in total. The van der Waals surface area contributed by atoms with Crippen LogP contribution >= 0.6 is 0 Å². The lowest BCUT2D eigenvalue weighted by Crippen LogP contribution is -2.20. The lowest BCUT2D eigenvalue weighted by molar-refractivity contribution is 0.483. The maximum absolute atomic E-state index is 5.69. The lowest BCUT2D eigenvalue weighted by Gasteiger charge is -2.06. The summed E-state index contributed by atoms with van der Waals surface area (Å²) in [7, 11) is 8.69. The molecule has 4 heteroatoms. The van der Waals surface area contributed by atoms with Gasteiger partial charge in [0.25, 0.3) is 0 Å². The second-order valence-corrected chi connectivity index (χ2v) is 3.35. The lowest BCUT2D eigenvalue weighted by atomic mass is 9.26. The van der Waals surface area contributed by atoms with Crippen molar-refractivity contribution in [3.63, 3.8) is 0 Å². The topological polar surface area (TPSA) is 9.23 Å². The third-order valence-electron chi connectivity index (χ3n) is 2.13. The highest BCUT2D eigenvalue weighted by Crippen LogP contribution is 2.18. The molecule has 2 rings (SSSR count). The number of ether oxygens (including phenoxy) is 1. The molecule has 2 aromatic rings. The molecule has 0 saturated heterocycles. The zero-order valence-corrected chi connectivity index (χ0v) is 8.84. The molecule has 0 aliphatic heterocycles. The third-order valence-corrected chi connectivity index (χ3v) is 2.13. The molecule has 0 aliphatic carbocycles. The van der Waals surface area contributed by atoms with E-state index in [1.807, 2.05) is 61.8 Å². The van der Waals surface area contributed by atoms with Crippen LogP contribution in [-0.4, -0.2) is 22.0 Å².